The molecule has 0 bridgehead atoms. The molecule has 3 heterocycles. The SMILES string of the molecule is C#Cc1ccc2c(c1)[nH]c1c2c(=O)c2cc(CC)c(-c3cccc(OS(=O)(=O)F)c3)cc2n1C1CNC1. The number of aromatic nitrogens is 2. The molecule has 1 fully saturated rings. The van der Waals surface area contributed by atoms with Gasteiger partial charge in [0.25, 0.3) is 0 Å². The summed E-state index contributed by atoms with van der Waals surface area (Å²) in [7, 11) is -5.16. The van der Waals surface area contributed by atoms with E-state index in [1.54, 1.807) is 12.1 Å². The second kappa shape index (κ2) is 8.47. The van der Waals surface area contributed by atoms with Gasteiger partial charge in [-0.15, -0.1) is 6.42 Å². The molecule has 3 aromatic carbocycles. The van der Waals surface area contributed by atoms with Crippen molar-refractivity contribution >= 4 is 43.3 Å². The van der Waals surface area contributed by atoms with Crippen LogP contribution in [0.5, 0.6) is 5.75 Å². The first-order chi connectivity index (χ1) is 17.8. The predicted octanol–water partition coefficient (Wildman–Crippen LogP) is 4.58. The van der Waals surface area contributed by atoms with E-state index in [0.717, 1.165) is 51.8 Å². The Hall–Kier alpha value is -4.13. The van der Waals surface area contributed by atoms with E-state index in [-0.39, 0.29) is 17.2 Å². The van der Waals surface area contributed by atoms with Gasteiger partial charge in [-0.1, -0.05) is 34.9 Å². The Morgan fingerprint density at radius 2 is 1.95 bits per heavy atom. The summed E-state index contributed by atoms with van der Waals surface area (Å²) in [6.07, 6.45) is 6.23. The maximum atomic E-state index is 13.9. The molecule has 0 aliphatic carbocycles. The molecule has 1 saturated heterocycles. The Bertz CT molecular complexity index is 1950. The van der Waals surface area contributed by atoms with Crippen molar-refractivity contribution in [3.05, 3.63) is 75.9 Å². The number of terminal acetylenes is 1. The highest BCUT2D eigenvalue weighted by Gasteiger charge is 2.26. The number of rotatable bonds is 5. The zero-order valence-electron chi connectivity index (χ0n) is 19.8. The van der Waals surface area contributed by atoms with Crippen molar-refractivity contribution in [2.45, 2.75) is 19.4 Å². The van der Waals surface area contributed by atoms with E-state index in [0.29, 0.717) is 22.8 Å². The highest BCUT2D eigenvalue weighted by Crippen LogP contribution is 2.35. The van der Waals surface area contributed by atoms with Gasteiger partial charge in [-0.05, 0) is 59.5 Å². The van der Waals surface area contributed by atoms with Crippen molar-refractivity contribution in [3.8, 4) is 29.2 Å². The molecule has 37 heavy (non-hydrogen) atoms. The van der Waals surface area contributed by atoms with Crippen LogP contribution in [0, 0.1) is 12.3 Å². The van der Waals surface area contributed by atoms with Gasteiger partial charge in [-0.2, -0.15) is 8.42 Å². The molecular weight excluding hydrogens is 493 g/mol. The number of aryl methyl sites for hydroxylation is 1. The van der Waals surface area contributed by atoms with Crippen molar-refractivity contribution < 1.29 is 16.5 Å². The molecule has 0 radical (unpaired) electrons. The molecule has 0 saturated carbocycles. The summed E-state index contributed by atoms with van der Waals surface area (Å²) in [5.74, 6) is 2.52. The number of H-pyrrole nitrogens is 1. The molecule has 2 aromatic heterocycles. The Kier molecular flexibility index (Phi) is 5.33. The number of nitrogens with one attached hydrogen (secondary N) is 2. The topological polar surface area (TPSA) is 93.2 Å². The lowest BCUT2D eigenvalue weighted by Crippen LogP contribution is -2.44. The second-order valence-corrected chi connectivity index (χ2v) is 10.1. The lowest BCUT2D eigenvalue weighted by atomic mass is 9.94. The van der Waals surface area contributed by atoms with Crippen molar-refractivity contribution in [1.29, 1.82) is 0 Å². The van der Waals surface area contributed by atoms with Crippen LogP contribution in [0.3, 0.4) is 0 Å². The molecule has 5 aromatic rings. The molecule has 1 aliphatic heterocycles. The number of hydrogen-bond donors (Lipinski definition) is 2. The fourth-order valence-corrected chi connectivity index (χ4v) is 5.51. The third kappa shape index (κ3) is 3.86. The summed E-state index contributed by atoms with van der Waals surface area (Å²) in [6.45, 7) is 3.48. The molecule has 0 atom stereocenters. The van der Waals surface area contributed by atoms with Gasteiger partial charge in [-0.25, -0.2) is 0 Å². The highest BCUT2D eigenvalue weighted by atomic mass is 32.3. The van der Waals surface area contributed by atoms with E-state index in [2.05, 4.69) is 25.0 Å². The van der Waals surface area contributed by atoms with Crippen molar-refractivity contribution in [2.75, 3.05) is 13.1 Å². The molecule has 1 aliphatic rings. The average molecular weight is 516 g/mol. The van der Waals surface area contributed by atoms with E-state index < -0.39 is 10.5 Å². The Labute approximate surface area is 212 Å². The van der Waals surface area contributed by atoms with E-state index in [1.165, 1.54) is 12.1 Å². The quantitative estimate of drug-likeness (QED) is 0.264. The van der Waals surface area contributed by atoms with Crippen molar-refractivity contribution in [1.82, 2.24) is 14.9 Å². The summed E-state index contributed by atoms with van der Waals surface area (Å²) in [4.78, 5) is 17.3. The average Bonchev–Trinajstić information content (AvgIpc) is 3.22. The van der Waals surface area contributed by atoms with Gasteiger partial charge in [0.2, 0.25) is 0 Å². The first-order valence-corrected chi connectivity index (χ1v) is 13.2. The zero-order chi connectivity index (χ0) is 25.9. The zero-order valence-corrected chi connectivity index (χ0v) is 20.7. The van der Waals surface area contributed by atoms with Crippen LogP contribution < -0.4 is 14.9 Å². The molecule has 186 valence electrons. The molecular formula is C28H22FN3O4S. The van der Waals surface area contributed by atoms with E-state index in [9.17, 15) is 17.1 Å². The van der Waals surface area contributed by atoms with Crippen LogP contribution in [0.1, 0.15) is 24.1 Å². The Balaban J connectivity index is 1.68. The minimum absolute atomic E-state index is 0.0740. The minimum atomic E-state index is -5.16. The summed E-state index contributed by atoms with van der Waals surface area (Å²) in [6, 6.07) is 15.8. The fourth-order valence-electron chi connectivity index (χ4n) is 5.18. The maximum absolute atomic E-state index is 13.9. The lowest BCUT2D eigenvalue weighted by molar-refractivity contribution is 0.357. The number of fused-ring (bicyclic) bond motifs is 4. The van der Waals surface area contributed by atoms with E-state index in [4.69, 9.17) is 6.42 Å². The third-order valence-electron chi connectivity index (χ3n) is 6.99. The molecule has 7 nitrogen and oxygen atoms in total. The van der Waals surface area contributed by atoms with Gasteiger partial charge < -0.3 is 19.1 Å². The van der Waals surface area contributed by atoms with Crippen LogP contribution in [0.2, 0.25) is 0 Å². The van der Waals surface area contributed by atoms with Crippen LogP contribution in [0.25, 0.3) is 44.0 Å². The maximum Gasteiger partial charge on any atom is 0.488 e. The van der Waals surface area contributed by atoms with Crippen LogP contribution in [-0.2, 0) is 16.9 Å². The van der Waals surface area contributed by atoms with Gasteiger partial charge in [0.05, 0.1) is 16.9 Å². The first kappa shape index (κ1) is 23.3. The van der Waals surface area contributed by atoms with Crippen LogP contribution in [0.4, 0.5) is 3.89 Å². The summed E-state index contributed by atoms with van der Waals surface area (Å²) < 4.78 is 41.9. The van der Waals surface area contributed by atoms with Gasteiger partial charge in [0.1, 0.15) is 11.4 Å². The number of aromatic amines is 1. The predicted molar refractivity (Wildman–Crippen MR) is 143 cm³/mol. The van der Waals surface area contributed by atoms with Gasteiger partial charge >= 0.3 is 10.5 Å². The second-order valence-electron chi connectivity index (χ2n) is 9.15. The van der Waals surface area contributed by atoms with Crippen molar-refractivity contribution in [2.24, 2.45) is 0 Å². The standard InChI is InChI=1S/C28H22FN3O4S/c1-3-16-8-9-21-24(10-16)31-28-26(21)27(33)23-12-17(4-2)22(13-25(23)32(28)19-14-30-15-19)18-6-5-7-20(11-18)36-37(29,34)35/h1,5-13,19,30-31H,4,14-15H2,2H3. The third-order valence-corrected chi connectivity index (χ3v) is 7.38. The number of benzene rings is 3. The van der Waals surface area contributed by atoms with Crippen molar-refractivity contribution in [3.63, 3.8) is 0 Å². The highest BCUT2D eigenvalue weighted by molar-refractivity contribution is 7.81. The smallest absolute Gasteiger partial charge is 0.358 e. The van der Waals surface area contributed by atoms with Gasteiger partial charge in [0, 0.05) is 34.9 Å². The molecule has 0 spiro atoms. The molecule has 6 rings (SSSR count). The minimum Gasteiger partial charge on any atom is -0.358 e. The Morgan fingerprint density at radius 1 is 1.14 bits per heavy atom. The molecule has 0 unspecified atom stereocenters. The van der Waals surface area contributed by atoms with Crippen LogP contribution >= 0.6 is 0 Å². The normalized spacial score (nSPS) is 14.2. The number of hydrogen-bond acceptors (Lipinski definition) is 5. The first-order valence-electron chi connectivity index (χ1n) is 11.9. The summed E-state index contributed by atoms with van der Waals surface area (Å²) >= 11 is 0. The van der Waals surface area contributed by atoms with Crippen LogP contribution in [-0.4, -0.2) is 31.1 Å². The number of pyridine rings is 1. The monoisotopic (exact) mass is 515 g/mol. The fraction of sp³-hybridized carbons (Fsp3) is 0.179. The molecule has 2 N–H and O–H groups in total. The number of nitrogens with zero attached hydrogens (tertiary/aromatic N) is 1. The summed E-state index contributed by atoms with van der Waals surface area (Å²) in [5.41, 5.74) is 5.29. The van der Waals surface area contributed by atoms with E-state index in [1.807, 2.05) is 37.3 Å². The number of halogens is 1. The molecule has 0 amide bonds. The van der Waals surface area contributed by atoms with Gasteiger partial charge in [0.15, 0.2) is 5.43 Å². The molecule has 9 heteroatoms. The lowest BCUT2D eigenvalue weighted by Gasteiger charge is -2.32. The van der Waals surface area contributed by atoms with E-state index >= 15 is 0 Å². The Morgan fingerprint density at radius 3 is 2.62 bits per heavy atom. The van der Waals surface area contributed by atoms with Crippen LogP contribution in [0.15, 0.2) is 59.4 Å². The summed E-state index contributed by atoms with van der Waals surface area (Å²) in [5, 5.41) is 5.35. The largest absolute Gasteiger partial charge is 0.488 e. The van der Waals surface area contributed by atoms with Gasteiger partial charge in [-0.3, -0.25) is 4.79 Å².